The summed E-state index contributed by atoms with van der Waals surface area (Å²) in [4.78, 5) is 11.1. The fraction of sp³-hybridized carbons (Fsp3) is 0.857. The molecule has 3 nitrogen and oxygen atoms in total. The number of carbonyl (C=O) groups is 1. The highest BCUT2D eigenvalue weighted by molar-refractivity contribution is 7.98. The van der Waals surface area contributed by atoms with Gasteiger partial charge in [0.25, 0.3) is 0 Å². The molecule has 0 radical (unpaired) electrons. The molecule has 0 fully saturated rings. The van der Waals surface area contributed by atoms with Crippen LogP contribution in [0.15, 0.2) is 0 Å². The molecule has 0 aliphatic carbocycles. The van der Waals surface area contributed by atoms with Gasteiger partial charge in [-0.2, -0.15) is 11.8 Å². The summed E-state index contributed by atoms with van der Waals surface area (Å²) in [6.45, 7) is 2.26. The quantitative estimate of drug-likeness (QED) is 0.621. The maximum absolute atomic E-state index is 11.1. The van der Waals surface area contributed by atoms with E-state index >= 15 is 0 Å². The predicted octanol–water partition coefficient (Wildman–Crippen LogP) is 0.500. The SMILES string of the molecule is CCOC(=O)C(CSC)NC. The molecule has 1 atom stereocenters. The van der Waals surface area contributed by atoms with Crippen molar-refractivity contribution < 1.29 is 9.53 Å². The van der Waals surface area contributed by atoms with E-state index in [1.54, 1.807) is 18.8 Å². The number of thioether (sulfide) groups is 1. The van der Waals surface area contributed by atoms with Crippen LogP contribution in [0, 0.1) is 0 Å². The molecule has 0 amide bonds. The second kappa shape index (κ2) is 6.49. The smallest absolute Gasteiger partial charge is 0.323 e. The molecule has 0 saturated carbocycles. The maximum atomic E-state index is 11.1. The molecule has 0 aromatic carbocycles. The molecule has 0 aromatic rings. The van der Waals surface area contributed by atoms with E-state index in [2.05, 4.69) is 5.32 Å². The lowest BCUT2D eigenvalue weighted by Crippen LogP contribution is -2.37. The van der Waals surface area contributed by atoms with Gasteiger partial charge in [0.1, 0.15) is 6.04 Å². The van der Waals surface area contributed by atoms with E-state index in [9.17, 15) is 4.79 Å². The second-order valence-electron chi connectivity index (χ2n) is 2.05. The number of hydrogen-bond acceptors (Lipinski definition) is 4. The Hall–Kier alpha value is -0.220. The van der Waals surface area contributed by atoms with E-state index in [-0.39, 0.29) is 12.0 Å². The van der Waals surface area contributed by atoms with E-state index < -0.39 is 0 Å². The summed E-state index contributed by atoms with van der Waals surface area (Å²) in [7, 11) is 1.76. The fourth-order valence-electron chi connectivity index (χ4n) is 0.679. The molecule has 0 heterocycles. The Morgan fingerprint density at radius 3 is 2.73 bits per heavy atom. The molecule has 0 spiro atoms. The molecule has 0 aromatic heterocycles. The number of nitrogens with one attached hydrogen (secondary N) is 1. The zero-order valence-electron chi connectivity index (χ0n) is 7.22. The van der Waals surface area contributed by atoms with Crippen LogP contribution in [0.4, 0.5) is 0 Å². The second-order valence-corrected chi connectivity index (χ2v) is 2.96. The first-order chi connectivity index (χ1) is 5.26. The molecule has 0 aliphatic heterocycles. The molecule has 0 rings (SSSR count). The third-order valence-corrected chi connectivity index (χ3v) is 1.92. The van der Waals surface area contributed by atoms with Crippen molar-refractivity contribution >= 4 is 17.7 Å². The van der Waals surface area contributed by atoms with E-state index in [4.69, 9.17) is 4.74 Å². The van der Waals surface area contributed by atoms with Crippen molar-refractivity contribution in [1.82, 2.24) is 5.32 Å². The van der Waals surface area contributed by atoms with Gasteiger partial charge in [-0.1, -0.05) is 0 Å². The van der Waals surface area contributed by atoms with Crippen molar-refractivity contribution in [2.24, 2.45) is 0 Å². The normalized spacial score (nSPS) is 12.6. The lowest BCUT2D eigenvalue weighted by Gasteiger charge is -2.12. The number of rotatable bonds is 5. The summed E-state index contributed by atoms with van der Waals surface area (Å²) < 4.78 is 4.83. The van der Waals surface area contributed by atoms with Crippen LogP contribution in [0.2, 0.25) is 0 Å². The molecule has 11 heavy (non-hydrogen) atoms. The van der Waals surface area contributed by atoms with Gasteiger partial charge in [0, 0.05) is 5.75 Å². The standard InChI is InChI=1S/C7H15NO2S/c1-4-10-7(9)6(8-2)5-11-3/h6,8H,4-5H2,1-3H3. The highest BCUT2D eigenvalue weighted by Gasteiger charge is 2.15. The zero-order chi connectivity index (χ0) is 8.69. The third kappa shape index (κ3) is 4.27. The van der Waals surface area contributed by atoms with Crippen molar-refractivity contribution in [3.05, 3.63) is 0 Å². The Balaban J connectivity index is 3.71. The fourth-order valence-corrected chi connectivity index (χ4v) is 1.31. The molecular weight excluding hydrogens is 162 g/mol. The highest BCUT2D eigenvalue weighted by atomic mass is 32.2. The van der Waals surface area contributed by atoms with E-state index in [0.29, 0.717) is 6.61 Å². The first-order valence-electron chi connectivity index (χ1n) is 3.59. The molecule has 0 aliphatic rings. The first-order valence-corrected chi connectivity index (χ1v) is 4.98. The van der Waals surface area contributed by atoms with Gasteiger partial charge in [-0.15, -0.1) is 0 Å². The minimum Gasteiger partial charge on any atom is -0.465 e. The van der Waals surface area contributed by atoms with Crippen molar-refractivity contribution in [3.63, 3.8) is 0 Å². The first kappa shape index (κ1) is 10.8. The maximum Gasteiger partial charge on any atom is 0.323 e. The molecule has 1 unspecified atom stereocenters. The van der Waals surface area contributed by atoms with Crippen LogP contribution in [-0.4, -0.2) is 37.7 Å². The predicted molar refractivity (Wildman–Crippen MR) is 47.9 cm³/mol. The van der Waals surface area contributed by atoms with Gasteiger partial charge in [-0.05, 0) is 20.2 Å². The molecule has 1 N–H and O–H groups in total. The van der Waals surface area contributed by atoms with E-state index in [1.165, 1.54) is 0 Å². The van der Waals surface area contributed by atoms with Gasteiger partial charge in [0.15, 0.2) is 0 Å². The summed E-state index contributed by atoms with van der Waals surface area (Å²) in [6, 6.07) is -0.162. The Labute approximate surface area is 71.9 Å². The monoisotopic (exact) mass is 177 g/mol. The van der Waals surface area contributed by atoms with Crippen LogP contribution >= 0.6 is 11.8 Å². The number of esters is 1. The summed E-state index contributed by atoms with van der Waals surface area (Å²) in [5, 5.41) is 2.89. The van der Waals surface area contributed by atoms with Gasteiger partial charge in [-0.3, -0.25) is 4.79 Å². The Kier molecular flexibility index (Phi) is 6.36. The Morgan fingerprint density at radius 2 is 2.36 bits per heavy atom. The molecule has 0 bridgehead atoms. The van der Waals surface area contributed by atoms with Crippen molar-refractivity contribution in [2.75, 3.05) is 25.7 Å². The average molecular weight is 177 g/mol. The molecule has 4 heteroatoms. The Morgan fingerprint density at radius 1 is 1.73 bits per heavy atom. The highest BCUT2D eigenvalue weighted by Crippen LogP contribution is 1.98. The topological polar surface area (TPSA) is 38.3 Å². The molecule has 0 saturated heterocycles. The lowest BCUT2D eigenvalue weighted by atomic mass is 10.3. The minimum absolute atomic E-state index is 0.162. The minimum atomic E-state index is -0.163. The number of carbonyl (C=O) groups excluding carboxylic acids is 1. The lowest BCUT2D eigenvalue weighted by molar-refractivity contribution is -0.144. The zero-order valence-corrected chi connectivity index (χ0v) is 8.03. The van der Waals surface area contributed by atoms with Gasteiger partial charge in [-0.25, -0.2) is 0 Å². The van der Waals surface area contributed by atoms with Crippen LogP contribution in [0.1, 0.15) is 6.92 Å². The Bertz CT molecular complexity index is 119. The van der Waals surface area contributed by atoms with Crippen molar-refractivity contribution in [3.8, 4) is 0 Å². The number of hydrogen-bond donors (Lipinski definition) is 1. The number of likely N-dealkylation sites (N-methyl/N-ethyl adjacent to an activating group) is 1. The van der Waals surface area contributed by atoms with E-state index in [1.807, 2.05) is 13.2 Å². The van der Waals surface area contributed by atoms with Gasteiger partial charge in [0.2, 0.25) is 0 Å². The summed E-state index contributed by atoms with van der Waals surface area (Å²) in [5.74, 6) is 0.597. The van der Waals surface area contributed by atoms with Crippen molar-refractivity contribution in [2.45, 2.75) is 13.0 Å². The largest absolute Gasteiger partial charge is 0.465 e. The van der Waals surface area contributed by atoms with Gasteiger partial charge in [0.05, 0.1) is 6.61 Å². The van der Waals surface area contributed by atoms with Crippen molar-refractivity contribution in [1.29, 1.82) is 0 Å². The van der Waals surface area contributed by atoms with Crippen LogP contribution in [0.25, 0.3) is 0 Å². The average Bonchev–Trinajstić information content (AvgIpc) is 2.00. The molecule has 66 valence electrons. The summed E-state index contributed by atoms with van der Waals surface area (Å²) in [6.07, 6.45) is 1.96. The van der Waals surface area contributed by atoms with Crippen LogP contribution in [-0.2, 0) is 9.53 Å². The van der Waals surface area contributed by atoms with Gasteiger partial charge < -0.3 is 10.1 Å². The van der Waals surface area contributed by atoms with Crippen LogP contribution < -0.4 is 5.32 Å². The third-order valence-electron chi connectivity index (χ3n) is 1.25. The van der Waals surface area contributed by atoms with Crippen LogP contribution in [0.5, 0.6) is 0 Å². The summed E-state index contributed by atoms with van der Waals surface area (Å²) in [5.41, 5.74) is 0. The number of ether oxygens (including phenoxy) is 1. The van der Waals surface area contributed by atoms with Crippen LogP contribution in [0.3, 0.4) is 0 Å². The van der Waals surface area contributed by atoms with E-state index in [0.717, 1.165) is 5.75 Å². The van der Waals surface area contributed by atoms with Gasteiger partial charge >= 0.3 is 5.97 Å². The molecular formula is C7H15NO2S. The summed E-state index contributed by atoms with van der Waals surface area (Å²) >= 11 is 1.63.